The number of hydrogen-bond donors (Lipinski definition) is 1. The molecule has 0 heterocycles. The van der Waals surface area contributed by atoms with Crippen LogP contribution in [0.25, 0.3) is 0 Å². The molecule has 0 saturated heterocycles. The molecule has 0 spiro atoms. The molecule has 0 aliphatic rings. The highest BCUT2D eigenvalue weighted by Crippen LogP contribution is 2.22. The van der Waals surface area contributed by atoms with Crippen LogP contribution < -0.4 is 0 Å². The fourth-order valence-corrected chi connectivity index (χ4v) is 2.05. The summed E-state index contributed by atoms with van der Waals surface area (Å²) < 4.78 is 0. The summed E-state index contributed by atoms with van der Waals surface area (Å²) >= 11 is 11.7. The van der Waals surface area contributed by atoms with Gasteiger partial charge < -0.3 is 5.11 Å². The van der Waals surface area contributed by atoms with Gasteiger partial charge in [0.15, 0.2) is 5.78 Å². The van der Waals surface area contributed by atoms with Crippen molar-refractivity contribution in [1.29, 1.82) is 0 Å². The number of benzene rings is 1. The Balaban J connectivity index is 2.43. The van der Waals surface area contributed by atoms with Crippen molar-refractivity contribution in [3.8, 4) is 0 Å². The second-order valence-electron chi connectivity index (χ2n) is 4.57. The van der Waals surface area contributed by atoms with Gasteiger partial charge in [0.25, 0.3) is 0 Å². The van der Waals surface area contributed by atoms with Gasteiger partial charge in [-0.25, -0.2) is 0 Å². The zero-order valence-corrected chi connectivity index (χ0v) is 12.5. The molecule has 1 rings (SSSR count). The summed E-state index contributed by atoms with van der Waals surface area (Å²) in [4.78, 5) is 14.0. The molecule has 19 heavy (non-hydrogen) atoms. The Morgan fingerprint density at radius 2 is 1.95 bits per heavy atom. The van der Waals surface area contributed by atoms with Gasteiger partial charge in [-0.1, -0.05) is 23.2 Å². The van der Waals surface area contributed by atoms with E-state index in [-0.39, 0.29) is 12.4 Å². The second-order valence-corrected chi connectivity index (χ2v) is 5.39. The smallest absolute Gasteiger partial charge is 0.176 e. The maximum absolute atomic E-state index is 12.0. The second kappa shape index (κ2) is 8.54. The van der Waals surface area contributed by atoms with Crippen molar-refractivity contribution in [2.24, 2.45) is 0 Å². The summed E-state index contributed by atoms with van der Waals surface area (Å²) in [6.07, 6.45) is 2.77. The first kappa shape index (κ1) is 16.4. The van der Waals surface area contributed by atoms with Crippen LogP contribution in [0.1, 0.15) is 29.6 Å². The van der Waals surface area contributed by atoms with Crippen LogP contribution in [0.15, 0.2) is 18.2 Å². The van der Waals surface area contributed by atoms with Gasteiger partial charge >= 0.3 is 0 Å². The topological polar surface area (TPSA) is 40.5 Å². The van der Waals surface area contributed by atoms with Crippen LogP contribution in [-0.2, 0) is 0 Å². The minimum absolute atomic E-state index is 0.0308. The van der Waals surface area contributed by atoms with Crippen molar-refractivity contribution in [3.05, 3.63) is 33.8 Å². The Bertz CT molecular complexity index is 424. The Labute approximate surface area is 124 Å². The average molecular weight is 304 g/mol. The van der Waals surface area contributed by atoms with E-state index < -0.39 is 0 Å². The summed E-state index contributed by atoms with van der Waals surface area (Å²) in [5, 5.41) is 9.54. The monoisotopic (exact) mass is 303 g/mol. The highest BCUT2D eigenvalue weighted by Gasteiger charge is 2.10. The van der Waals surface area contributed by atoms with E-state index in [0.29, 0.717) is 22.2 Å². The number of likely N-dealkylation sites (N-methyl/N-ethyl adjacent to an activating group) is 1. The molecule has 0 radical (unpaired) electrons. The van der Waals surface area contributed by atoms with Gasteiger partial charge in [0, 0.05) is 12.2 Å². The van der Waals surface area contributed by atoms with Crippen molar-refractivity contribution in [2.75, 3.05) is 26.7 Å². The maximum Gasteiger partial charge on any atom is 0.176 e. The van der Waals surface area contributed by atoms with Gasteiger partial charge in [0.2, 0.25) is 0 Å². The molecule has 1 N–H and O–H groups in total. The molecule has 5 heteroatoms. The number of aliphatic hydroxyl groups is 1. The van der Waals surface area contributed by atoms with Crippen molar-refractivity contribution >= 4 is 29.0 Å². The van der Waals surface area contributed by atoms with Crippen LogP contribution in [0.2, 0.25) is 10.0 Å². The predicted molar refractivity (Wildman–Crippen MR) is 79.2 cm³/mol. The van der Waals surface area contributed by atoms with Crippen LogP contribution in [0.3, 0.4) is 0 Å². The quantitative estimate of drug-likeness (QED) is 0.592. The molecule has 0 aliphatic heterocycles. The van der Waals surface area contributed by atoms with E-state index in [1.807, 2.05) is 11.9 Å². The van der Waals surface area contributed by atoms with Crippen LogP contribution in [0.5, 0.6) is 0 Å². The molecular formula is C14H19Cl2NO2. The molecule has 106 valence electrons. The molecule has 1 aromatic rings. The highest BCUT2D eigenvalue weighted by atomic mass is 35.5. The lowest BCUT2D eigenvalue weighted by molar-refractivity contribution is 0.0945. The zero-order valence-electron chi connectivity index (χ0n) is 11.0. The number of hydrogen-bond acceptors (Lipinski definition) is 3. The molecular weight excluding hydrogens is 285 g/mol. The largest absolute Gasteiger partial charge is 0.396 e. The van der Waals surface area contributed by atoms with E-state index in [0.717, 1.165) is 25.8 Å². The summed E-state index contributed by atoms with van der Waals surface area (Å²) in [7, 11) is 1.91. The number of nitrogens with zero attached hydrogens (tertiary/aromatic N) is 1. The molecule has 0 atom stereocenters. The van der Waals surface area contributed by atoms with E-state index in [9.17, 15) is 4.79 Å². The van der Waals surface area contributed by atoms with Gasteiger partial charge in [0.1, 0.15) is 0 Å². The molecule has 0 aliphatic carbocycles. The number of aliphatic hydroxyl groups excluding tert-OH is 1. The molecule has 3 nitrogen and oxygen atoms in total. The average Bonchev–Trinajstić information content (AvgIpc) is 2.38. The third-order valence-electron chi connectivity index (χ3n) is 2.85. The summed E-state index contributed by atoms with van der Waals surface area (Å²) in [5.74, 6) is 0.0308. The van der Waals surface area contributed by atoms with E-state index >= 15 is 0 Å². The number of unbranched alkanes of at least 4 members (excludes halogenated alkanes) is 2. The fourth-order valence-electron chi connectivity index (χ4n) is 1.76. The van der Waals surface area contributed by atoms with E-state index in [1.54, 1.807) is 18.2 Å². The standard InChI is InChI=1S/C14H19Cl2NO2/c1-17(7-3-2-4-8-18)10-14(19)11-5-6-12(15)13(16)9-11/h5-6,9,18H,2-4,7-8,10H2,1H3. The molecule has 0 amide bonds. The summed E-state index contributed by atoms with van der Waals surface area (Å²) in [6, 6.07) is 4.93. The first-order chi connectivity index (χ1) is 9.04. The normalized spacial score (nSPS) is 11.0. The molecule has 0 saturated carbocycles. The van der Waals surface area contributed by atoms with Crippen molar-refractivity contribution in [3.63, 3.8) is 0 Å². The van der Waals surface area contributed by atoms with Gasteiger partial charge in [-0.05, 0) is 51.1 Å². The minimum Gasteiger partial charge on any atom is -0.396 e. The van der Waals surface area contributed by atoms with Gasteiger partial charge in [-0.15, -0.1) is 0 Å². The molecule has 0 unspecified atom stereocenters. The lowest BCUT2D eigenvalue weighted by Crippen LogP contribution is -2.27. The summed E-state index contributed by atoms with van der Waals surface area (Å²) in [5.41, 5.74) is 0.580. The molecule has 1 aromatic carbocycles. The molecule has 0 bridgehead atoms. The van der Waals surface area contributed by atoms with Crippen LogP contribution in [0, 0.1) is 0 Å². The first-order valence-electron chi connectivity index (χ1n) is 6.32. The highest BCUT2D eigenvalue weighted by molar-refractivity contribution is 6.42. The van der Waals surface area contributed by atoms with Crippen LogP contribution in [0.4, 0.5) is 0 Å². The predicted octanol–water partition coefficient (Wildman–Crippen LogP) is 3.27. The Kier molecular flexibility index (Phi) is 7.39. The maximum atomic E-state index is 12.0. The number of carbonyl (C=O) groups is 1. The number of carbonyl (C=O) groups excluding carboxylic acids is 1. The van der Waals surface area contributed by atoms with Gasteiger partial charge in [0.05, 0.1) is 16.6 Å². The number of rotatable bonds is 8. The first-order valence-corrected chi connectivity index (χ1v) is 7.08. The van der Waals surface area contributed by atoms with Crippen molar-refractivity contribution in [1.82, 2.24) is 4.90 Å². The third-order valence-corrected chi connectivity index (χ3v) is 3.59. The third kappa shape index (κ3) is 5.91. The van der Waals surface area contributed by atoms with E-state index in [1.165, 1.54) is 0 Å². The van der Waals surface area contributed by atoms with Gasteiger partial charge in [-0.2, -0.15) is 0 Å². The zero-order chi connectivity index (χ0) is 14.3. The van der Waals surface area contributed by atoms with Crippen LogP contribution >= 0.6 is 23.2 Å². The van der Waals surface area contributed by atoms with Crippen LogP contribution in [-0.4, -0.2) is 42.5 Å². The summed E-state index contributed by atoms with van der Waals surface area (Å²) in [6.45, 7) is 1.43. The number of Topliss-reactive ketones (excluding diaryl/α,β-unsaturated/α-hetero) is 1. The Morgan fingerprint density at radius 3 is 2.58 bits per heavy atom. The molecule has 0 fully saturated rings. The number of ketones is 1. The van der Waals surface area contributed by atoms with Gasteiger partial charge in [-0.3, -0.25) is 9.69 Å². The van der Waals surface area contributed by atoms with E-state index in [4.69, 9.17) is 28.3 Å². The Morgan fingerprint density at radius 1 is 1.21 bits per heavy atom. The Hall–Kier alpha value is -0.610. The SMILES string of the molecule is CN(CCCCCO)CC(=O)c1ccc(Cl)c(Cl)c1. The van der Waals surface area contributed by atoms with E-state index in [2.05, 4.69) is 0 Å². The lowest BCUT2D eigenvalue weighted by atomic mass is 10.1. The van der Waals surface area contributed by atoms with Crippen molar-refractivity contribution in [2.45, 2.75) is 19.3 Å². The lowest BCUT2D eigenvalue weighted by Gasteiger charge is -2.15. The fraction of sp³-hybridized carbons (Fsp3) is 0.500. The number of halogens is 2. The van der Waals surface area contributed by atoms with Crippen molar-refractivity contribution < 1.29 is 9.90 Å². The minimum atomic E-state index is 0.0308. The molecule has 0 aromatic heterocycles.